The number of hydrogen-bond acceptors (Lipinski definition) is 4. The van der Waals surface area contributed by atoms with Gasteiger partial charge in [-0.25, -0.2) is 9.78 Å². The van der Waals surface area contributed by atoms with Crippen LogP contribution in [0.5, 0.6) is 0 Å². The molecule has 0 saturated carbocycles. The van der Waals surface area contributed by atoms with Gasteiger partial charge in [-0.3, -0.25) is 0 Å². The monoisotopic (exact) mass is 217 g/mol. The van der Waals surface area contributed by atoms with Crippen molar-refractivity contribution in [2.75, 3.05) is 11.5 Å². The minimum Gasteiger partial charge on any atom is -0.477 e. The molecule has 0 spiro atoms. The Bertz CT molecular complexity index is 593. The lowest BCUT2D eigenvalue weighted by Crippen LogP contribution is -2.08. The Morgan fingerprint density at radius 1 is 1.38 bits per heavy atom. The summed E-state index contributed by atoms with van der Waals surface area (Å²) in [4.78, 5) is 15.0. The highest BCUT2D eigenvalue weighted by Gasteiger charge is 2.15. The number of rotatable bonds is 1. The number of aromatic nitrogens is 1. The van der Waals surface area contributed by atoms with Gasteiger partial charge in [0, 0.05) is 16.6 Å². The van der Waals surface area contributed by atoms with Crippen molar-refractivity contribution in [3.8, 4) is 0 Å². The molecule has 0 fully saturated rings. The van der Waals surface area contributed by atoms with Crippen LogP contribution in [0.25, 0.3) is 10.9 Å². The van der Waals surface area contributed by atoms with Crippen molar-refractivity contribution in [3.63, 3.8) is 0 Å². The average Bonchev–Trinajstić information content (AvgIpc) is 2.23. The molecule has 2 aromatic rings. The van der Waals surface area contributed by atoms with Crippen LogP contribution in [0.2, 0.25) is 0 Å². The van der Waals surface area contributed by atoms with Crippen molar-refractivity contribution in [2.24, 2.45) is 0 Å². The number of para-hydroxylation sites is 1. The molecule has 0 saturated heterocycles. The maximum absolute atomic E-state index is 11.0. The molecule has 0 aliphatic rings. The third kappa shape index (κ3) is 1.33. The zero-order valence-corrected chi connectivity index (χ0v) is 8.69. The van der Waals surface area contributed by atoms with E-state index >= 15 is 0 Å². The minimum absolute atomic E-state index is 0.0529. The molecule has 82 valence electrons. The first-order chi connectivity index (χ1) is 7.52. The number of carbonyl (C=O) groups is 1. The number of nitrogens with zero attached hydrogens (tertiary/aromatic N) is 1. The molecule has 0 radical (unpaired) electrons. The lowest BCUT2D eigenvalue weighted by molar-refractivity contribution is 0.0690. The fraction of sp³-hybridized carbons (Fsp3) is 0.0909. The molecule has 5 heteroatoms. The van der Waals surface area contributed by atoms with E-state index in [0.717, 1.165) is 0 Å². The molecular formula is C11H11N3O2. The highest BCUT2D eigenvalue weighted by molar-refractivity contribution is 6.02. The van der Waals surface area contributed by atoms with Gasteiger partial charge in [-0.05, 0) is 13.0 Å². The van der Waals surface area contributed by atoms with Gasteiger partial charge in [-0.1, -0.05) is 12.1 Å². The Morgan fingerprint density at radius 3 is 2.69 bits per heavy atom. The van der Waals surface area contributed by atoms with E-state index in [1.165, 1.54) is 0 Å². The van der Waals surface area contributed by atoms with E-state index in [4.69, 9.17) is 16.6 Å². The normalized spacial score (nSPS) is 10.6. The second kappa shape index (κ2) is 3.37. The summed E-state index contributed by atoms with van der Waals surface area (Å²) in [6, 6.07) is 5.19. The van der Waals surface area contributed by atoms with E-state index in [1.807, 2.05) is 0 Å². The van der Waals surface area contributed by atoms with Gasteiger partial charge < -0.3 is 16.6 Å². The number of hydrogen-bond donors (Lipinski definition) is 3. The number of nitrogens with two attached hydrogens (primary N) is 2. The van der Waals surface area contributed by atoms with E-state index < -0.39 is 5.97 Å². The Balaban J connectivity index is 2.94. The van der Waals surface area contributed by atoms with Gasteiger partial charge >= 0.3 is 5.97 Å². The number of nitrogen functional groups attached to an aromatic ring is 2. The molecule has 0 atom stereocenters. The molecule has 5 nitrogen and oxygen atoms in total. The lowest BCUT2D eigenvalue weighted by atomic mass is 10.1. The fourth-order valence-electron chi connectivity index (χ4n) is 1.64. The maximum Gasteiger partial charge on any atom is 0.354 e. The first kappa shape index (κ1) is 10.2. The van der Waals surface area contributed by atoms with E-state index in [9.17, 15) is 4.79 Å². The fourth-order valence-corrected chi connectivity index (χ4v) is 1.64. The molecule has 0 bridgehead atoms. The molecule has 0 amide bonds. The van der Waals surface area contributed by atoms with Gasteiger partial charge in [-0.15, -0.1) is 0 Å². The van der Waals surface area contributed by atoms with Crippen LogP contribution >= 0.6 is 0 Å². The van der Waals surface area contributed by atoms with Crippen molar-refractivity contribution in [1.82, 2.24) is 4.98 Å². The standard InChI is InChI=1S/C11H11N3O2/c1-5-8(13)6-3-2-4-7(12)10(6)14-9(5)11(15)16/h2-4H,12H2,1H3,(H2,13,14)(H,15,16). The molecule has 1 heterocycles. The van der Waals surface area contributed by atoms with Crippen LogP contribution in [0.1, 0.15) is 16.1 Å². The molecule has 5 N–H and O–H groups in total. The van der Waals surface area contributed by atoms with Crippen LogP contribution in [-0.4, -0.2) is 16.1 Å². The van der Waals surface area contributed by atoms with E-state index in [-0.39, 0.29) is 5.69 Å². The molecule has 0 unspecified atom stereocenters. The van der Waals surface area contributed by atoms with Crippen LogP contribution in [0.15, 0.2) is 18.2 Å². The molecule has 0 aliphatic heterocycles. The third-order valence-corrected chi connectivity index (χ3v) is 2.54. The van der Waals surface area contributed by atoms with E-state index in [0.29, 0.717) is 27.8 Å². The predicted molar refractivity (Wildman–Crippen MR) is 62.3 cm³/mol. The zero-order chi connectivity index (χ0) is 11.9. The highest BCUT2D eigenvalue weighted by Crippen LogP contribution is 2.28. The number of fused-ring (bicyclic) bond motifs is 1. The number of carboxylic acid groups (broad SMARTS) is 1. The van der Waals surface area contributed by atoms with Crippen LogP contribution in [0.3, 0.4) is 0 Å². The first-order valence-corrected chi connectivity index (χ1v) is 4.70. The maximum atomic E-state index is 11.0. The predicted octanol–water partition coefficient (Wildman–Crippen LogP) is 1.41. The van der Waals surface area contributed by atoms with Gasteiger partial charge in [0.05, 0.1) is 11.2 Å². The van der Waals surface area contributed by atoms with Crippen LogP contribution in [0, 0.1) is 6.92 Å². The highest BCUT2D eigenvalue weighted by atomic mass is 16.4. The lowest BCUT2D eigenvalue weighted by Gasteiger charge is -2.09. The quantitative estimate of drug-likeness (QED) is 0.626. The molecule has 1 aromatic heterocycles. The first-order valence-electron chi connectivity index (χ1n) is 4.70. The summed E-state index contributed by atoms with van der Waals surface area (Å²) >= 11 is 0. The van der Waals surface area contributed by atoms with Crippen LogP contribution in [-0.2, 0) is 0 Å². The van der Waals surface area contributed by atoms with Crippen LogP contribution in [0.4, 0.5) is 11.4 Å². The molecular weight excluding hydrogens is 206 g/mol. The number of carboxylic acids is 1. The molecule has 2 rings (SSSR count). The van der Waals surface area contributed by atoms with Crippen molar-refractivity contribution >= 4 is 28.2 Å². The van der Waals surface area contributed by atoms with Crippen LogP contribution < -0.4 is 11.5 Å². The largest absolute Gasteiger partial charge is 0.477 e. The summed E-state index contributed by atoms with van der Waals surface area (Å²) in [5.41, 5.74) is 13.3. The average molecular weight is 217 g/mol. The van der Waals surface area contributed by atoms with E-state index in [2.05, 4.69) is 4.98 Å². The van der Waals surface area contributed by atoms with Gasteiger partial charge in [0.25, 0.3) is 0 Å². The summed E-state index contributed by atoms with van der Waals surface area (Å²) in [6.07, 6.45) is 0. The summed E-state index contributed by atoms with van der Waals surface area (Å²) < 4.78 is 0. The number of aromatic carboxylic acids is 1. The van der Waals surface area contributed by atoms with Crippen molar-refractivity contribution < 1.29 is 9.90 Å². The van der Waals surface area contributed by atoms with Crippen molar-refractivity contribution in [1.29, 1.82) is 0 Å². The van der Waals surface area contributed by atoms with Gasteiger partial charge in [-0.2, -0.15) is 0 Å². The van der Waals surface area contributed by atoms with Gasteiger partial charge in [0.2, 0.25) is 0 Å². The Morgan fingerprint density at radius 2 is 2.06 bits per heavy atom. The summed E-state index contributed by atoms with van der Waals surface area (Å²) in [5, 5.41) is 9.66. The Kier molecular flexibility index (Phi) is 2.16. The van der Waals surface area contributed by atoms with E-state index in [1.54, 1.807) is 25.1 Å². The minimum atomic E-state index is -1.10. The Hall–Kier alpha value is -2.30. The zero-order valence-electron chi connectivity index (χ0n) is 8.69. The summed E-state index contributed by atoms with van der Waals surface area (Å²) in [5.74, 6) is -1.10. The van der Waals surface area contributed by atoms with Crippen molar-refractivity contribution in [2.45, 2.75) is 6.92 Å². The third-order valence-electron chi connectivity index (χ3n) is 2.54. The summed E-state index contributed by atoms with van der Waals surface area (Å²) in [7, 11) is 0. The van der Waals surface area contributed by atoms with Gasteiger partial charge in [0.1, 0.15) is 0 Å². The SMILES string of the molecule is Cc1c(C(=O)O)nc2c(N)cccc2c1N. The van der Waals surface area contributed by atoms with Crippen molar-refractivity contribution in [3.05, 3.63) is 29.5 Å². The molecule has 1 aromatic carbocycles. The molecule has 16 heavy (non-hydrogen) atoms. The number of benzene rings is 1. The second-order valence-corrected chi connectivity index (χ2v) is 3.55. The Labute approximate surface area is 91.7 Å². The topological polar surface area (TPSA) is 102 Å². The summed E-state index contributed by atoms with van der Waals surface area (Å²) in [6.45, 7) is 1.63. The number of anilines is 2. The second-order valence-electron chi connectivity index (χ2n) is 3.55. The molecule has 0 aliphatic carbocycles. The van der Waals surface area contributed by atoms with Gasteiger partial charge in [0.15, 0.2) is 5.69 Å². The smallest absolute Gasteiger partial charge is 0.354 e. The number of pyridine rings is 1.